The number of methoxy groups -OCH3 is 1. The van der Waals surface area contributed by atoms with E-state index in [0.29, 0.717) is 28.0 Å². The van der Waals surface area contributed by atoms with Gasteiger partial charge in [-0.25, -0.2) is 0 Å². The smallest absolute Gasteiger partial charge is 0.229 e. The van der Waals surface area contributed by atoms with Gasteiger partial charge in [-0.2, -0.15) is 0 Å². The molecule has 1 atom stereocenters. The van der Waals surface area contributed by atoms with Crippen LogP contribution in [0.25, 0.3) is 0 Å². The molecule has 2 amide bonds. The van der Waals surface area contributed by atoms with Crippen LogP contribution in [0.2, 0.25) is 10.0 Å². The van der Waals surface area contributed by atoms with E-state index < -0.39 is 5.92 Å². The quantitative estimate of drug-likeness (QED) is 0.874. The first-order valence-corrected chi connectivity index (χ1v) is 8.43. The number of benzene rings is 2. The maximum absolute atomic E-state index is 12.5. The summed E-state index contributed by atoms with van der Waals surface area (Å²) in [6.07, 6.45) is 0.159. The van der Waals surface area contributed by atoms with Crippen LogP contribution in [-0.2, 0) is 9.59 Å². The van der Waals surface area contributed by atoms with Gasteiger partial charge in [-0.1, -0.05) is 23.2 Å². The summed E-state index contributed by atoms with van der Waals surface area (Å²) in [6.45, 7) is 0.325. The molecule has 0 radical (unpaired) electrons. The summed E-state index contributed by atoms with van der Waals surface area (Å²) in [4.78, 5) is 26.3. The molecule has 130 valence electrons. The SMILES string of the molecule is COc1ccc(N2C[C@H](C(=O)Nc3cc(Cl)cc(Cl)c3)CC2=O)cc1. The average Bonchev–Trinajstić information content (AvgIpc) is 2.96. The van der Waals surface area contributed by atoms with Crippen molar-refractivity contribution < 1.29 is 14.3 Å². The summed E-state index contributed by atoms with van der Waals surface area (Å²) in [5.74, 6) is -0.0491. The van der Waals surface area contributed by atoms with Gasteiger partial charge < -0.3 is 15.0 Å². The topological polar surface area (TPSA) is 58.6 Å². The summed E-state index contributed by atoms with van der Waals surface area (Å²) in [6, 6.07) is 12.0. The molecule has 1 heterocycles. The van der Waals surface area contributed by atoms with Crippen molar-refractivity contribution >= 4 is 46.4 Å². The third-order valence-corrected chi connectivity index (χ3v) is 4.45. The molecule has 0 unspecified atom stereocenters. The predicted molar refractivity (Wildman–Crippen MR) is 98.5 cm³/mol. The van der Waals surface area contributed by atoms with E-state index in [1.807, 2.05) is 0 Å². The highest BCUT2D eigenvalue weighted by Crippen LogP contribution is 2.28. The lowest BCUT2D eigenvalue weighted by atomic mass is 10.1. The maximum atomic E-state index is 12.5. The Morgan fingerprint density at radius 2 is 1.80 bits per heavy atom. The first kappa shape index (κ1) is 17.6. The van der Waals surface area contributed by atoms with E-state index in [4.69, 9.17) is 27.9 Å². The molecule has 2 aromatic rings. The van der Waals surface area contributed by atoms with Crippen LogP contribution >= 0.6 is 23.2 Å². The largest absolute Gasteiger partial charge is 0.497 e. The summed E-state index contributed by atoms with van der Waals surface area (Å²) in [5.41, 5.74) is 1.25. The van der Waals surface area contributed by atoms with Gasteiger partial charge in [0.15, 0.2) is 0 Å². The Balaban J connectivity index is 1.69. The van der Waals surface area contributed by atoms with Gasteiger partial charge in [0.25, 0.3) is 0 Å². The second-order valence-corrected chi connectivity index (χ2v) is 6.62. The summed E-state index contributed by atoms with van der Waals surface area (Å²) < 4.78 is 5.11. The Labute approximate surface area is 155 Å². The van der Waals surface area contributed by atoms with E-state index in [0.717, 1.165) is 5.69 Å². The van der Waals surface area contributed by atoms with Gasteiger partial charge in [0.05, 0.1) is 13.0 Å². The lowest BCUT2D eigenvalue weighted by molar-refractivity contribution is -0.122. The van der Waals surface area contributed by atoms with E-state index in [-0.39, 0.29) is 18.2 Å². The predicted octanol–water partition coefficient (Wildman–Crippen LogP) is 3.99. The van der Waals surface area contributed by atoms with Gasteiger partial charge in [0.1, 0.15) is 5.75 Å². The van der Waals surface area contributed by atoms with Crippen molar-refractivity contribution in [3.63, 3.8) is 0 Å². The zero-order chi connectivity index (χ0) is 18.0. The number of hydrogen-bond donors (Lipinski definition) is 1. The van der Waals surface area contributed by atoms with Crippen molar-refractivity contribution in [2.24, 2.45) is 5.92 Å². The van der Waals surface area contributed by atoms with Gasteiger partial charge in [-0.15, -0.1) is 0 Å². The molecule has 0 spiro atoms. The number of carbonyl (C=O) groups is 2. The highest BCUT2D eigenvalue weighted by Gasteiger charge is 2.35. The lowest BCUT2D eigenvalue weighted by Crippen LogP contribution is -2.28. The molecular formula is C18H16Cl2N2O3. The van der Waals surface area contributed by atoms with Gasteiger partial charge in [-0.3, -0.25) is 9.59 Å². The standard InChI is InChI=1S/C18H16Cl2N2O3/c1-25-16-4-2-15(3-5-16)22-10-11(6-17(22)23)18(24)21-14-8-12(19)7-13(20)9-14/h2-5,7-9,11H,6,10H2,1H3,(H,21,24)/t11-/m1/s1. The first-order valence-electron chi connectivity index (χ1n) is 7.67. The zero-order valence-electron chi connectivity index (χ0n) is 13.5. The second-order valence-electron chi connectivity index (χ2n) is 5.75. The minimum atomic E-state index is -0.438. The highest BCUT2D eigenvalue weighted by atomic mass is 35.5. The Morgan fingerprint density at radius 1 is 1.16 bits per heavy atom. The molecule has 0 bridgehead atoms. The maximum Gasteiger partial charge on any atom is 0.229 e. The number of rotatable bonds is 4. The van der Waals surface area contributed by atoms with Gasteiger partial charge >= 0.3 is 0 Å². The number of halogens is 2. The molecule has 1 fully saturated rings. The van der Waals surface area contributed by atoms with Crippen LogP contribution in [0, 0.1) is 5.92 Å². The number of hydrogen-bond acceptors (Lipinski definition) is 3. The number of anilines is 2. The third kappa shape index (κ3) is 4.06. The fraction of sp³-hybridized carbons (Fsp3) is 0.222. The van der Waals surface area contributed by atoms with E-state index in [1.54, 1.807) is 54.5 Å². The first-order chi connectivity index (χ1) is 12.0. The van der Waals surface area contributed by atoms with Crippen molar-refractivity contribution in [3.8, 4) is 5.75 Å². The number of ether oxygens (including phenoxy) is 1. The van der Waals surface area contributed by atoms with Crippen LogP contribution in [-0.4, -0.2) is 25.5 Å². The molecular weight excluding hydrogens is 363 g/mol. The van der Waals surface area contributed by atoms with Gasteiger partial charge in [0, 0.05) is 34.4 Å². The van der Waals surface area contributed by atoms with E-state index >= 15 is 0 Å². The number of carbonyl (C=O) groups excluding carboxylic acids is 2. The molecule has 1 N–H and O–H groups in total. The molecule has 2 aromatic carbocycles. The molecule has 0 aliphatic carbocycles. The number of nitrogens with one attached hydrogen (secondary N) is 1. The Hall–Kier alpha value is -2.24. The van der Waals surface area contributed by atoms with Crippen LogP contribution in [0.5, 0.6) is 5.75 Å². The van der Waals surface area contributed by atoms with E-state index in [1.165, 1.54) is 0 Å². The van der Waals surface area contributed by atoms with Crippen LogP contribution in [0.1, 0.15) is 6.42 Å². The summed E-state index contributed by atoms with van der Waals surface area (Å²) in [5, 5.41) is 3.64. The Bertz CT molecular complexity index is 788. The number of nitrogens with zero attached hydrogens (tertiary/aromatic N) is 1. The van der Waals surface area contributed by atoms with Crippen LogP contribution < -0.4 is 15.0 Å². The minimum absolute atomic E-state index is 0.0885. The van der Waals surface area contributed by atoms with Crippen molar-refractivity contribution in [1.29, 1.82) is 0 Å². The van der Waals surface area contributed by atoms with E-state index in [2.05, 4.69) is 5.32 Å². The molecule has 5 nitrogen and oxygen atoms in total. The van der Waals surface area contributed by atoms with Crippen molar-refractivity contribution in [3.05, 3.63) is 52.5 Å². The Morgan fingerprint density at radius 3 is 2.40 bits per heavy atom. The minimum Gasteiger partial charge on any atom is -0.497 e. The fourth-order valence-electron chi connectivity index (χ4n) is 2.77. The van der Waals surface area contributed by atoms with Crippen LogP contribution in [0.4, 0.5) is 11.4 Å². The fourth-order valence-corrected chi connectivity index (χ4v) is 3.29. The molecule has 0 aromatic heterocycles. The lowest BCUT2D eigenvalue weighted by Gasteiger charge is -2.17. The summed E-state index contributed by atoms with van der Waals surface area (Å²) in [7, 11) is 1.58. The molecule has 1 aliphatic rings. The van der Waals surface area contributed by atoms with Gasteiger partial charge in [0.2, 0.25) is 11.8 Å². The summed E-state index contributed by atoms with van der Waals surface area (Å²) >= 11 is 11.9. The zero-order valence-corrected chi connectivity index (χ0v) is 15.0. The van der Waals surface area contributed by atoms with Gasteiger partial charge in [-0.05, 0) is 42.5 Å². The van der Waals surface area contributed by atoms with Crippen LogP contribution in [0.3, 0.4) is 0 Å². The molecule has 0 saturated carbocycles. The normalized spacial score (nSPS) is 16.8. The second kappa shape index (κ2) is 7.33. The van der Waals surface area contributed by atoms with Crippen molar-refractivity contribution in [2.75, 3.05) is 23.9 Å². The molecule has 25 heavy (non-hydrogen) atoms. The monoisotopic (exact) mass is 378 g/mol. The highest BCUT2D eigenvalue weighted by molar-refractivity contribution is 6.35. The molecule has 1 saturated heterocycles. The average molecular weight is 379 g/mol. The Kier molecular flexibility index (Phi) is 5.16. The van der Waals surface area contributed by atoms with Crippen molar-refractivity contribution in [2.45, 2.75) is 6.42 Å². The number of amides is 2. The van der Waals surface area contributed by atoms with E-state index in [9.17, 15) is 9.59 Å². The molecule has 1 aliphatic heterocycles. The molecule has 7 heteroatoms. The molecule has 3 rings (SSSR count). The third-order valence-electron chi connectivity index (χ3n) is 4.01. The van der Waals surface area contributed by atoms with Crippen molar-refractivity contribution in [1.82, 2.24) is 0 Å². The van der Waals surface area contributed by atoms with Crippen LogP contribution in [0.15, 0.2) is 42.5 Å².